The lowest BCUT2D eigenvalue weighted by atomic mass is 10.1. The smallest absolute Gasteiger partial charge is 0.142 e. The molecule has 0 aliphatic heterocycles. The fourth-order valence-corrected chi connectivity index (χ4v) is 2.64. The second kappa shape index (κ2) is 5.43. The molecule has 2 aromatic rings. The van der Waals surface area contributed by atoms with Gasteiger partial charge in [-0.05, 0) is 42.2 Å². The Kier molecular flexibility index (Phi) is 3.64. The minimum atomic E-state index is -0.443. The average molecular weight is 293 g/mol. The molecular formula is C16H14ClFO2. The van der Waals surface area contributed by atoms with E-state index in [2.05, 4.69) is 0 Å². The summed E-state index contributed by atoms with van der Waals surface area (Å²) in [5, 5.41) is 9.95. The lowest BCUT2D eigenvalue weighted by Crippen LogP contribution is -1.99. The van der Waals surface area contributed by atoms with E-state index in [1.807, 2.05) is 18.2 Å². The summed E-state index contributed by atoms with van der Waals surface area (Å²) in [6.07, 6.45) is 1.13. The monoisotopic (exact) mass is 292 g/mol. The molecule has 2 aromatic carbocycles. The molecule has 2 nitrogen and oxygen atoms in total. The van der Waals surface area contributed by atoms with E-state index in [0.29, 0.717) is 0 Å². The van der Waals surface area contributed by atoms with Crippen molar-refractivity contribution >= 4 is 11.6 Å². The lowest BCUT2D eigenvalue weighted by Gasteiger charge is -2.11. The Labute approximate surface area is 121 Å². The van der Waals surface area contributed by atoms with E-state index >= 15 is 0 Å². The van der Waals surface area contributed by atoms with Gasteiger partial charge in [0.25, 0.3) is 0 Å². The third-order valence-corrected chi connectivity index (χ3v) is 3.88. The Morgan fingerprint density at radius 3 is 2.95 bits per heavy atom. The predicted molar refractivity (Wildman–Crippen MR) is 75.5 cm³/mol. The topological polar surface area (TPSA) is 29.5 Å². The van der Waals surface area contributed by atoms with Gasteiger partial charge < -0.3 is 9.84 Å². The molecule has 1 aliphatic rings. The molecule has 1 atom stereocenters. The number of aliphatic hydroxyl groups is 1. The van der Waals surface area contributed by atoms with Gasteiger partial charge >= 0.3 is 0 Å². The highest BCUT2D eigenvalue weighted by molar-refractivity contribution is 6.30. The zero-order valence-corrected chi connectivity index (χ0v) is 11.5. The third kappa shape index (κ3) is 2.51. The van der Waals surface area contributed by atoms with Crippen LogP contribution in [0.3, 0.4) is 0 Å². The van der Waals surface area contributed by atoms with Crippen LogP contribution < -0.4 is 4.74 Å². The van der Waals surface area contributed by atoms with Gasteiger partial charge in [-0.15, -0.1) is 0 Å². The van der Waals surface area contributed by atoms with Crippen molar-refractivity contribution in [1.29, 1.82) is 0 Å². The van der Waals surface area contributed by atoms with Crippen molar-refractivity contribution in [3.05, 3.63) is 63.9 Å². The largest absolute Gasteiger partial charge is 0.489 e. The first-order chi connectivity index (χ1) is 9.65. The van der Waals surface area contributed by atoms with Crippen LogP contribution in [0.15, 0.2) is 36.4 Å². The molecule has 3 rings (SSSR count). The summed E-state index contributed by atoms with van der Waals surface area (Å²) in [5.74, 6) is 0.316. The predicted octanol–water partition coefficient (Wildman–Crippen LogP) is 4.04. The highest BCUT2D eigenvalue weighted by Gasteiger charge is 2.23. The quantitative estimate of drug-likeness (QED) is 0.925. The van der Waals surface area contributed by atoms with Crippen molar-refractivity contribution < 1.29 is 14.2 Å². The van der Waals surface area contributed by atoms with Crippen LogP contribution in [0.1, 0.15) is 29.2 Å². The minimum absolute atomic E-state index is 0.109. The first kappa shape index (κ1) is 13.4. The highest BCUT2D eigenvalue weighted by atomic mass is 35.5. The van der Waals surface area contributed by atoms with E-state index in [9.17, 15) is 9.50 Å². The Hall–Kier alpha value is -1.58. The van der Waals surface area contributed by atoms with Gasteiger partial charge in [-0.3, -0.25) is 0 Å². The van der Waals surface area contributed by atoms with Crippen molar-refractivity contribution in [2.75, 3.05) is 0 Å². The molecule has 0 amide bonds. The molecular weight excluding hydrogens is 279 g/mol. The number of aliphatic hydroxyl groups excluding tert-OH is 1. The zero-order valence-electron chi connectivity index (χ0n) is 10.8. The summed E-state index contributed by atoms with van der Waals surface area (Å²) >= 11 is 5.65. The molecule has 0 spiro atoms. The Morgan fingerprint density at radius 1 is 1.30 bits per heavy atom. The maximum atomic E-state index is 13.4. The van der Waals surface area contributed by atoms with Gasteiger partial charge in [0, 0.05) is 5.56 Å². The van der Waals surface area contributed by atoms with Gasteiger partial charge in [0.05, 0.1) is 11.1 Å². The highest BCUT2D eigenvalue weighted by Crippen LogP contribution is 2.37. The Morgan fingerprint density at radius 2 is 2.15 bits per heavy atom. The fourth-order valence-electron chi connectivity index (χ4n) is 2.52. The van der Waals surface area contributed by atoms with E-state index in [4.69, 9.17) is 16.3 Å². The second-order valence-corrected chi connectivity index (χ2v) is 5.32. The van der Waals surface area contributed by atoms with Crippen molar-refractivity contribution in [3.63, 3.8) is 0 Å². The van der Waals surface area contributed by atoms with Gasteiger partial charge in [-0.2, -0.15) is 0 Å². The average Bonchev–Trinajstić information content (AvgIpc) is 2.83. The standard InChI is InChI=1S/C16H14ClFO2/c17-13-6-4-10(8-14(13)18)9-20-16-3-1-2-11-12(16)5-7-15(11)19/h1-4,6,8,15,19H,5,7,9H2. The van der Waals surface area contributed by atoms with Crippen LogP contribution in [0.25, 0.3) is 0 Å². The van der Waals surface area contributed by atoms with Gasteiger partial charge in [0.1, 0.15) is 18.2 Å². The van der Waals surface area contributed by atoms with E-state index < -0.39 is 11.9 Å². The third-order valence-electron chi connectivity index (χ3n) is 3.57. The minimum Gasteiger partial charge on any atom is -0.489 e. The maximum absolute atomic E-state index is 13.4. The molecule has 0 fully saturated rings. The van der Waals surface area contributed by atoms with Crippen LogP contribution >= 0.6 is 11.6 Å². The van der Waals surface area contributed by atoms with E-state index in [1.54, 1.807) is 6.07 Å². The zero-order chi connectivity index (χ0) is 14.1. The molecule has 0 bridgehead atoms. The Balaban J connectivity index is 1.77. The normalized spacial score (nSPS) is 17.1. The molecule has 0 saturated heterocycles. The molecule has 0 saturated carbocycles. The summed E-state index contributed by atoms with van der Waals surface area (Å²) in [7, 11) is 0. The molecule has 4 heteroatoms. The van der Waals surface area contributed by atoms with Crippen LogP contribution in [-0.2, 0) is 13.0 Å². The van der Waals surface area contributed by atoms with Crippen LogP contribution in [0, 0.1) is 5.82 Å². The van der Waals surface area contributed by atoms with Gasteiger partial charge in [0.15, 0.2) is 0 Å². The van der Waals surface area contributed by atoms with E-state index in [0.717, 1.165) is 35.3 Å². The van der Waals surface area contributed by atoms with Crippen molar-refractivity contribution in [1.82, 2.24) is 0 Å². The van der Waals surface area contributed by atoms with Crippen LogP contribution in [0.4, 0.5) is 4.39 Å². The summed E-state index contributed by atoms with van der Waals surface area (Å²) in [4.78, 5) is 0. The molecule has 1 N–H and O–H groups in total. The Bertz CT molecular complexity index is 642. The maximum Gasteiger partial charge on any atom is 0.142 e. The summed E-state index contributed by atoms with van der Waals surface area (Å²) in [6.45, 7) is 0.278. The molecule has 20 heavy (non-hydrogen) atoms. The van der Waals surface area contributed by atoms with Crippen molar-refractivity contribution in [3.8, 4) is 5.75 Å². The molecule has 0 radical (unpaired) electrons. The summed E-state index contributed by atoms with van der Waals surface area (Å²) < 4.78 is 19.1. The van der Waals surface area contributed by atoms with Crippen LogP contribution in [-0.4, -0.2) is 5.11 Å². The number of hydrogen-bond donors (Lipinski definition) is 1. The molecule has 0 aromatic heterocycles. The second-order valence-electron chi connectivity index (χ2n) is 4.92. The number of rotatable bonds is 3. The molecule has 104 valence electrons. The van der Waals surface area contributed by atoms with Crippen LogP contribution in [0.2, 0.25) is 5.02 Å². The fraction of sp³-hybridized carbons (Fsp3) is 0.250. The first-order valence-electron chi connectivity index (χ1n) is 6.52. The van der Waals surface area contributed by atoms with E-state index in [1.165, 1.54) is 12.1 Å². The molecule has 1 aliphatic carbocycles. The molecule has 1 unspecified atom stereocenters. The summed E-state index contributed by atoms with van der Waals surface area (Å²) in [6, 6.07) is 10.3. The number of hydrogen-bond acceptors (Lipinski definition) is 2. The lowest BCUT2D eigenvalue weighted by molar-refractivity contribution is 0.180. The van der Waals surface area contributed by atoms with Crippen LogP contribution in [0.5, 0.6) is 5.75 Å². The first-order valence-corrected chi connectivity index (χ1v) is 6.89. The number of benzene rings is 2. The number of fused-ring (bicyclic) bond motifs is 1. The number of halogens is 2. The van der Waals surface area contributed by atoms with Gasteiger partial charge in [0.2, 0.25) is 0 Å². The van der Waals surface area contributed by atoms with Gasteiger partial charge in [-0.25, -0.2) is 4.39 Å². The van der Waals surface area contributed by atoms with Crippen molar-refractivity contribution in [2.45, 2.75) is 25.6 Å². The SMILES string of the molecule is OC1CCc2c(OCc3ccc(Cl)c(F)c3)cccc21. The van der Waals surface area contributed by atoms with Crippen molar-refractivity contribution in [2.24, 2.45) is 0 Å². The summed E-state index contributed by atoms with van der Waals surface area (Å²) in [5.41, 5.74) is 2.71. The van der Waals surface area contributed by atoms with Gasteiger partial charge in [-0.1, -0.05) is 29.8 Å². The van der Waals surface area contributed by atoms with E-state index in [-0.39, 0.29) is 11.6 Å². The molecule has 0 heterocycles. The number of ether oxygens (including phenoxy) is 1.